The summed E-state index contributed by atoms with van der Waals surface area (Å²) >= 11 is 0. The van der Waals surface area contributed by atoms with Crippen molar-refractivity contribution in [3.8, 4) is 44.6 Å². The topological polar surface area (TPSA) is 39.2 Å². The third kappa shape index (κ3) is 4.36. The number of fused-ring (bicyclic) bond motifs is 9. The van der Waals surface area contributed by atoms with Gasteiger partial charge in [-0.2, -0.15) is 0 Å². The van der Waals surface area contributed by atoms with Crippen LogP contribution in [0.15, 0.2) is 185 Å². The van der Waals surface area contributed by atoms with Gasteiger partial charge in [0.1, 0.15) is 22.3 Å². The lowest BCUT2D eigenvalue weighted by molar-refractivity contribution is 0.669. The molecule has 0 aliphatic carbocycles. The first-order chi connectivity index (χ1) is 25.8. The molecule has 0 aliphatic rings. The van der Waals surface area contributed by atoms with Crippen molar-refractivity contribution >= 4 is 65.6 Å². The second-order valence-electron chi connectivity index (χ2n) is 13.4. The third-order valence-electron chi connectivity index (χ3n) is 10.5. The van der Waals surface area contributed by atoms with Gasteiger partial charge >= 0.3 is 0 Å². The molecule has 0 unspecified atom stereocenters. The van der Waals surface area contributed by atoms with Gasteiger partial charge in [0.25, 0.3) is 0 Å². The van der Waals surface area contributed by atoms with Gasteiger partial charge in [0.2, 0.25) is 0 Å². The largest absolute Gasteiger partial charge is 0.456 e. The summed E-state index contributed by atoms with van der Waals surface area (Å²) in [4.78, 5) is 5.25. The van der Waals surface area contributed by atoms with Gasteiger partial charge in [0.15, 0.2) is 0 Å². The van der Waals surface area contributed by atoms with Crippen molar-refractivity contribution in [2.24, 2.45) is 0 Å². The lowest BCUT2D eigenvalue weighted by Gasteiger charge is -2.16. The van der Waals surface area contributed by atoms with Gasteiger partial charge < -0.3 is 8.83 Å². The van der Waals surface area contributed by atoms with Crippen LogP contribution < -0.4 is 0 Å². The van der Waals surface area contributed by atoms with Crippen LogP contribution in [0, 0.1) is 0 Å². The fraction of sp³-hybridized carbons (Fsp3) is 0. The Hall–Kier alpha value is -6.97. The second-order valence-corrected chi connectivity index (χ2v) is 13.4. The molecule has 3 nitrogen and oxygen atoms in total. The highest BCUT2D eigenvalue weighted by Gasteiger charge is 2.22. The van der Waals surface area contributed by atoms with E-state index in [0.717, 1.165) is 99.2 Å². The van der Waals surface area contributed by atoms with E-state index in [4.69, 9.17) is 13.8 Å². The number of aromatic nitrogens is 1. The van der Waals surface area contributed by atoms with Crippen LogP contribution in [0.1, 0.15) is 0 Å². The number of nitrogens with zero attached hydrogens (tertiary/aromatic N) is 1. The van der Waals surface area contributed by atoms with E-state index in [1.54, 1.807) is 0 Å². The van der Waals surface area contributed by atoms with E-state index in [2.05, 4.69) is 146 Å². The molecular formula is C49H29NO2. The molecule has 0 N–H and O–H groups in total. The quantitative estimate of drug-likeness (QED) is 0.176. The lowest BCUT2D eigenvalue weighted by atomic mass is 9.88. The fourth-order valence-electron chi connectivity index (χ4n) is 8.13. The minimum absolute atomic E-state index is 0.855. The van der Waals surface area contributed by atoms with Gasteiger partial charge in [-0.3, -0.25) is 0 Å². The van der Waals surface area contributed by atoms with Gasteiger partial charge in [0, 0.05) is 48.8 Å². The Morgan fingerprint density at radius 3 is 1.73 bits per heavy atom. The number of para-hydroxylation sites is 3. The van der Waals surface area contributed by atoms with E-state index in [0.29, 0.717) is 0 Å². The molecule has 0 amide bonds. The van der Waals surface area contributed by atoms with Crippen molar-refractivity contribution < 1.29 is 8.83 Å². The molecule has 52 heavy (non-hydrogen) atoms. The van der Waals surface area contributed by atoms with E-state index in [1.165, 1.54) is 10.9 Å². The molecule has 0 atom stereocenters. The molecule has 0 saturated carbocycles. The Balaban J connectivity index is 1.14. The average Bonchev–Trinajstić information content (AvgIpc) is 3.78. The first kappa shape index (κ1) is 28.8. The van der Waals surface area contributed by atoms with E-state index < -0.39 is 0 Å². The van der Waals surface area contributed by atoms with Crippen LogP contribution in [0.25, 0.3) is 110 Å². The molecule has 0 spiro atoms. The number of hydrogen-bond donors (Lipinski definition) is 0. The summed E-state index contributed by atoms with van der Waals surface area (Å²) in [6.07, 6.45) is 0. The minimum atomic E-state index is 0.855. The number of benzene rings is 8. The summed E-state index contributed by atoms with van der Waals surface area (Å²) in [5, 5.41) is 7.88. The van der Waals surface area contributed by atoms with Crippen LogP contribution >= 0.6 is 0 Å². The Morgan fingerprint density at radius 1 is 0.327 bits per heavy atom. The molecule has 0 bridgehead atoms. The molecule has 8 aromatic carbocycles. The zero-order chi connectivity index (χ0) is 34.2. The lowest BCUT2D eigenvalue weighted by Crippen LogP contribution is -1.93. The van der Waals surface area contributed by atoms with Crippen molar-refractivity contribution in [1.29, 1.82) is 0 Å². The number of pyridine rings is 1. The molecule has 3 aromatic heterocycles. The van der Waals surface area contributed by atoms with Gasteiger partial charge in [-0.05, 0) is 64.2 Å². The Bertz CT molecular complexity index is 3170. The summed E-state index contributed by atoms with van der Waals surface area (Å²) in [5.74, 6) is 0. The third-order valence-corrected chi connectivity index (χ3v) is 10.5. The second kappa shape index (κ2) is 11.3. The zero-order valence-corrected chi connectivity index (χ0v) is 28.0. The Labute approximate surface area is 299 Å². The predicted molar refractivity (Wildman–Crippen MR) is 216 cm³/mol. The van der Waals surface area contributed by atoms with Crippen molar-refractivity contribution in [2.45, 2.75) is 0 Å². The van der Waals surface area contributed by atoms with Crippen molar-refractivity contribution in [1.82, 2.24) is 4.98 Å². The summed E-state index contributed by atoms with van der Waals surface area (Å²) in [6, 6.07) is 61.9. The minimum Gasteiger partial charge on any atom is -0.456 e. The first-order valence-electron chi connectivity index (χ1n) is 17.6. The van der Waals surface area contributed by atoms with Crippen LogP contribution in [0.5, 0.6) is 0 Å². The monoisotopic (exact) mass is 663 g/mol. The average molecular weight is 664 g/mol. The van der Waals surface area contributed by atoms with Gasteiger partial charge in [0.05, 0.1) is 11.2 Å². The smallest absolute Gasteiger partial charge is 0.136 e. The van der Waals surface area contributed by atoms with Crippen molar-refractivity contribution in [3.05, 3.63) is 176 Å². The fourth-order valence-corrected chi connectivity index (χ4v) is 8.13. The molecule has 3 heterocycles. The summed E-state index contributed by atoms with van der Waals surface area (Å²) in [7, 11) is 0. The van der Waals surface area contributed by atoms with Gasteiger partial charge in [-0.1, -0.05) is 140 Å². The van der Waals surface area contributed by atoms with Gasteiger partial charge in [-0.15, -0.1) is 0 Å². The molecule has 0 saturated heterocycles. The number of hydrogen-bond acceptors (Lipinski definition) is 3. The molecule has 0 radical (unpaired) electrons. The maximum Gasteiger partial charge on any atom is 0.136 e. The molecule has 11 rings (SSSR count). The summed E-state index contributed by atoms with van der Waals surface area (Å²) in [6.45, 7) is 0. The highest BCUT2D eigenvalue weighted by molar-refractivity contribution is 6.28. The highest BCUT2D eigenvalue weighted by Crippen LogP contribution is 2.47. The molecule has 11 aromatic rings. The van der Waals surface area contributed by atoms with E-state index >= 15 is 0 Å². The standard InChI is InChI=1S/C49H29NO2/c1-2-12-32(13-3-1)49-39-29-44-48(38-18-6-9-22-42(38)52-44)45(47(39)36-16-4-7-20-40(36)50-49)34-15-10-14-33(28-34)30-24-26-31(27-25-30)35-19-11-23-43-46(35)37-17-5-8-21-41(37)51-43/h1-29H. The number of furan rings is 2. The molecule has 0 aliphatic heterocycles. The van der Waals surface area contributed by atoms with Crippen LogP contribution in [-0.2, 0) is 0 Å². The molecular weight excluding hydrogens is 635 g/mol. The first-order valence-corrected chi connectivity index (χ1v) is 17.6. The molecule has 242 valence electrons. The maximum absolute atomic E-state index is 6.61. The van der Waals surface area contributed by atoms with Crippen molar-refractivity contribution in [2.75, 3.05) is 0 Å². The van der Waals surface area contributed by atoms with Crippen LogP contribution in [0.3, 0.4) is 0 Å². The molecule has 0 fully saturated rings. The SMILES string of the molecule is c1ccc(-c2nc3ccccc3c3c(-c4cccc(-c5ccc(-c6cccc7oc8ccccc8c67)cc5)c4)c4c(cc23)oc2ccccc24)cc1. The normalized spacial score (nSPS) is 11.8. The van der Waals surface area contributed by atoms with Crippen molar-refractivity contribution in [3.63, 3.8) is 0 Å². The maximum atomic E-state index is 6.61. The number of rotatable bonds is 4. The van der Waals surface area contributed by atoms with E-state index in [9.17, 15) is 0 Å². The Morgan fingerprint density at radius 2 is 0.923 bits per heavy atom. The zero-order valence-electron chi connectivity index (χ0n) is 28.0. The van der Waals surface area contributed by atoms with Crippen LogP contribution in [-0.4, -0.2) is 4.98 Å². The summed E-state index contributed by atoms with van der Waals surface area (Å²) in [5.41, 5.74) is 13.5. The Kier molecular flexibility index (Phi) is 6.25. The highest BCUT2D eigenvalue weighted by atomic mass is 16.3. The van der Waals surface area contributed by atoms with Crippen LogP contribution in [0.2, 0.25) is 0 Å². The van der Waals surface area contributed by atoms with E-state index in [-0.39, 0.29) is 0 Å². The molecule has 3 heteroatoms. The van der Waals surface area contributed by atoms with Crippen LogP contribution in [0.4, 0.5) is 0 Å². The van der Waals surface area contributed by atoms with E-state index in [1.807, 2.05) is 30.3 Å². The summed E-state index contributed by atoms with van der Waals surface area (Å²) < 4.78 is 12.8. The predicted octanol–water partition coefficient (Wildman–Crippen LogP) is 13.9. The van der Waals surface area contributed by atoms with Gasteiger partial charge in [-0.25, -0.2) is 4.98 Å².